The third-order valence-electron chi connectivity index (χ3n) is 4.96. The van der Waals surface area contributed by atoms with E-state index in [1.165, 1.54) is 25.7 Å². The summed E-state index contributed by atoms with van der Waals surface area (Å²) in [7, 11) is 0. The van der Waals surface area contributed by atoms with Crippen LogP contribution in [0, 0.1) is 5.41 Å². The van der Waals surface area contributed by atoms with Gasteiger partial charge in [-0.05, 0) is 43.2 Å². The molecule has 0 radical (unpaired) electrons. The number of amides is 1. The van der Waals surface area contributed by atoms with E-state index < -0.39 is 0 Å². The normalized spacial score (nSPS) is 20.8. The van der Waals surface area contributed by atoms with Gasteiger partial charge in [-0.1, -0.05) is 24.4 Å². The molecule has 3 N–H and O–H groups in total. The predicted octanol–water partition coefficient (Wildman–Crippen LogP) is 2.82. The minimum atomic E-state index is 0.0173. The summed E-state index contributed by atoms with van der Waals surface area (Å²) in [5.74, 6) is 5.78. The van der Waals surface area contributed by atoms with Crippen LogP contribution in [0.5, 0.6) is 0 Å². The number of nitrogens with zero attached hydrogens (tertiary/aromatic N) is 2. The van der Waals surface area contributed by atoms with Crippen LogP contribution in [0.15, 0.2) is 12.1 Å². The molecular formula is C15H21ClN4O. The summed E-state index contributed by atoms with van der Waals surface area (Å²) in [4.78, 5) is 18.5. The molecule has 2 aliphatic rings. The van der Waals surface area contributed by atoms with E-state index in [9.17, 15) is 4.79 Å². The highest BCUT2D eigenvalue weighted by molar-refractivity contribution is 6.29. The monoisotopic (exact) mass is 308 g/mol. The number of hydrazine groups is 1. The van der Waals surface area contributed by atoms with E-state index in [4.69, 9.17) is 17.4 Å². The highest BCUT2D eigenvalue weighted by Gasteiger charge is 2.38. The molecule has 21 heavy (non-hydrogen) atoms. The fourth-order valence-electron chi connectivity index (χ4n) is 3.69. The molecular weight excluding hydrogens is 288 g/mol. The van der Waals surface area contributed by atoms with E-state index in [0.717, 1.165) is 25.9 Å². The largest absolute Gasteiger partial charge is 0.339 e. The van der Waals surface area contributed by atoms with Crippen molar-refractivity contribution in [1.29, 1.82) is 0 Å². The first kappa shape index (κ1) is 14.6. The summed E-state index contributed by atoms with van der Waals surface area (Å²) >= 11 is 5.93. The molecule has 114 valence electrons. The Hall–Kier alpha value is -1.33. The summed E-state index contributed by atoms with van der Waals surface area (Å²) in [5.41, 5.74) is 3.50. The molecule has 1 amide bonds. The maximum atomic E-state index is 12.6. The fourth-order valence-corrected chi connectivity index (χ4v) is 3.89. The second-order valence-corrected chi connectivity index (χ2v) is 6.59. The number of nitrogens with two attached hydrogens (primary N) is 1. The first-order chi connectivity index (χ1) is 10.1. The SMILES string of the molecule is NNc1cc(C(=O)N2CCC3(CCCC3)CC2)cc(Cl)n1. The number of rotatable bonds is 2. The summed E-state index contributed by atoms with van der Waals surface area (Å²) in [6, 6.07) is 3.25. The molecule has 1 aliphatic heterocycles. The molecule has 2 fully saturated rings. The number of piperidine rings is 1. The van der Waals surface area contributed by atoms with Crippen molar-refractivity contribution < 1.29 is 4.79 Å². The van der Waals surface area contributed by atoms with Gasteiger partial charge in [0.05, 0.1) is 0 Å². The molecule has 3 rings (SSSR count). The lowest BCUT2D eigenvalue weighted by Gasteiger charge is -2.39. The van der Waals surface area contributed by atoms with E-state index in [1.807, 2.05) is 4.90 Å². The number of nitrogen functional groups attached to an aromatic ring is 1. The number of halogens is 1. The Kier molecular flexibility index (Phi) is 4.04. The van der Waals surface area contributed by atoms with Gasteiger partial charge in [0.1, 0.15) is 11.0 Å². The van der Waals surface area contributed by atoms with Crippen molar-refractivity contribution in [2.45, 2.75) is 38.5 Å². The van der Waals surface area contributed by atoms with Gasteiger partial charge in [-0.15, -0.1) is 0 Å². The summed E-state index contributed by atoms with van der Waals surface area (Å²) in [6.45, 7) is 1.67. The molecule has 0 unspecified atom stereocenters. The quantitative estimate of drug-likeness (QED) is 0.501. The smallest absolute Gasteiger partial charge is 0.254 e. The second kappa shape index (κ2) is 5.81. The van der Waals surface area contributed by atoms with E-state index >= 15 is 0 Å². The van der Waals surface area contributed by atoms with Crippen molar-refractivity contribution in [3.05, 3.63) is 22.8 Å². The Bertz CT molecular complexity index is 532. The molecule has 1 spiro atoms. The van der Waals surface area contributed by atoms with Gasteiger partial charge in [-0.25, -0.2) is 10.8 Å². The third kappa shape index (κ3) is 2.99. The van der Waals surface area contributed by atoms with Gasteiger partial charge < -0.3 is 10.3 Å². The average molecular weight is 309 g/mol. The molecule has 0 aromatic carbocycles. The highest BCUT2D eigenvalue weighted by Crippen LogP contribution is 2.46. The Morgan fingerprint density at radius 1 is 1.24 bits per heavy atom. The highest BCUT2D eigenvalue weighted by atomic mass is 35.5. The average Bonchev–Trinajstić information content (AvgIpc) is 2.95. The van der Waals surface area contributed by atoms with Crippen molar-refractivity contribution >= 4 is 23.3 Å². The number of hydrogen-bond acceptors (Lipinski definition) is 4. The topological polar surface area (TPSA) is 71.2 Å². The van der Waals surface area contributed by atoms with Gasteiger partial charge in [0.2, 0.25) is 0 Å². The van der Waals surface area contributed by atoms with Crippen LogP contribution < -0.4 is 11.3 Å². The first-order valence-electron chi connectivity index (χ1n) is 7.55. The standard InChI is InChI=1S/C15H21ClN4O/c16-12-9-11(10-13(18-12)19-17)14(21)20-7-5-15(6-8-20)3-1-2-4-15/h9-10H,1-8,17H2,(H,18,19). The summed E-state index contributed by atoms with van der Waals surface area (Å²) in [5, 5.41) is 0.276. The molecule has 2 heterocycles. The van der Waals surface area contributed by atoms with Crippen molar-refractivity contribution in [3.8, 4) is 0 Å². The fraction of sp³-hybridized carbons (Fsp3) is 0.600. The van der Waals surface area contributed by atoms with Gasteiger partial charge >= 0.3 is 0 Å². The minimum Gasteiger partial charge on any atom is -0.339 e. The molecule has 1 aromatic rings. The molecule has 6 heteroatoms. The zero-order valence-electron chi connectivity index (χ0n) is 12.1. The van der Waals surface area contributed by atoms with Crippen LogP contribution in [-0.4, -0.2) is 28.9 Å². The number of likely N-dealkylation sites (tertiary alicyclic amines) is 1. The van der Waals surface area contributed by atoms with Crippen molar-refractivity contribution in [3.63, 3.8) is 0 Å². The lowest BCUT2D eigenvalue weighted by atomic mass is 9.77. The van der Waals surface area contributed by atoms with E-state index in [1.54, 1.807) is 12.1 Å². The zero-order chi connectivity index (χ0) is 14.9. The van der Waals surface area contributed by atoms with Crippen LogP contribution in [0.25, 0.3) is 0 Å². The van der Waals surface area contributed by atoms with Gasteiger partial charge in [0.15, 0.2) is 0 Å². The van der Waals surface area contributed by atoms with Gasteiger partial charge in [0.25, 0.3) is 5.91 Å². The minimum absolute atomic E-state index is 0.0173. The van der Waals surface area contributed by atoms with Crippen molar-refractivity contribution in [2.75, 3.05) is 18.5 Å². The molecule has 1 aliphatic carbocycles. The Balaban J connectivity index is 1.70. The second-order valence-electron chi connectivity index (χ2n) is 6.21. The molecule has 1 aromatic heterocycles. The maximum Gasteiger partial charge on any atom is 0.254 e. The molecule has 5 nitrogen and oxygen atoms in total. The van der Waals surface area contributed by atoms with Gasteiger partial charge in [-0.3, -0.25) is 4.79 Å². The number of pyridine rings is 1. The van der Waals surface area contributed by atoms with Crippen LogP contribution in [0.2, 0.25) is 5.15 Å². The predicted molar refractivity (Wildman–Crippen MR) is 83.1 cm³/mol. The zero-order valence-corrected chi connectivity index (χ0v) is 12.8. The lowest BCUT2D eigenvalue weighted by Crippen LogP contribution is -2.42. The van der Waals surface area contributed by atoms with Crippen LogP contribution in [0.4, 0.5) is 5.82 Å². The number of carbonyl (C=O) groups excluding carboxylic acids is 1. The maximum absolute atomic E-state index is 12.6. The Labute approximate surface area is 129 Å². The lowest BCUT2D eigenvalue weighted by molar-refractivity contribution is 0.0587. The van der Waals surface area contributed by atoms with Crippen LogP contribution >= 0.6 is 11.6 Å². The van der Waals surface area contributed by atoms with E-state index in [0.29, 0.717) is 16.8 Å². The Morgan fingerprint density at radius 2 is 1.90 bits per heavy atom. The van der Waals surface area contributed by atoms with Crippen LogP contribution in [0.1, 0.15) is 48.9 Å². The molecule has 1 saturated carbocycles. The molecule has 1 saturated heterocycles. The number of anilines is 1. The van der Waals surface area contributed by atoms with Crippen LogP contribution in [-0.2, 0) is 0 Å². The summed E-state index contributed by atoms with van der Waals surface area (Å²) < 4.78 is 0. The number of carbonyl (C=O) groups is 1. The number of nitrogens with one attached hydrogen (secondary N) is 1. The third-order valence-corrected chi connectivity index (χ3v) is 5.16. The summed E-state index contributed by atoms with van der Waals surface area (Å²) in [6.07, 6.45) is 7.60. The van der Waals surface area contributed by atoms with Crippen molar-refractivity contribution in [2.24, 2.45) is 11.3 Å². The number of aromatic nitrogens is 1. The van der Waals surface area contributed by atoms with Crippen LogP contribution in [0.3, 0.4) is 0 Å². The first-order valence-corrected chi connectivity index (χ1v) is 7.93. The Morgan fingerprint density at radius 3 is 2.52 bits per heavy atom. The van der Waals surface area contributed by atoms with Gasteiger partial charge in [0, 0.05) is 18.7 Å². The van der Waals surface area contributed by atoms with E-state index in [-0.39, 0.29) is 11.1 Å². The molecule has 0 bridgehead atoms. The molecule has 0 atom stereocenters. The number of hydrogen-bond donors (Lipinski definition) is 2. The van der Waals surface area contributed by atoms with Crippen molar-refractivity contribution in [1.82, 2.24) is 9.88 Å². The van der Waals surface area contributed by atoms with E-state index in [2.05, 4.69) is 10.4 Å². The van der Waals surface area contributed by atoms with Gasteiger partial charge in [-0.2, -0.15) is 0 Å².